The average Bonchev–Trinajstić information content (AvgIpc) is 3.18. The molecule has 1 heterocycles. The standard InChI is InChI=1S/C15H26N4O/c1-10(2)12-18-13(16-4)11(3)14(19-12)17-9-15(5-6-15)7-8-20/h10,20H,5-9H2,1-4H3,(H2,16,17,18,19). The van der Waals surface area contributed by atoms with Gasteiger partial charge in [0.1, 0.15) is 17.5 Å². The van der Waals surface area contributed by atoms with E-state index in [0.29, 0.717) is 5.92 Å². The molecule has 0 atom stereocenters. The molecule has 0 radical (unpaired) electrons. The molecule has 0 saturated heterocycles. The summed E-state index contributed by atoms with van der Waals surface area (Å²) in [7, 11) is 1.89. The van der Waals surface area contributed by atoms with Crippen LogP contribution in [0.1, 0.15) is 50.4 Å². The Hall–Kier alpha value is -1.36. The van der Waals surface area contributed by atoms with Gasteiger partial charge in [0.15, 0.2) is 0 Å². The van der Waals surface area contributed by atoms with Crippen LogP contribution in [0.25, 0.3) is 0 Å². The molecule has 0 amide bonds. The number of aliphatic hydroxyl groups excluding tert-OH is 1. The first-order valence-corrected chi connectivity index (χ1v) is 7.42. The third kappa shape index (κ3) is 3.20. The van der Waals surface area contributed by atoms with Crippen LogP contribution in [0.3, 0.4) is 0 Å². The minimum absolute atomic E-state index is 0.267. The van der Waals surface area contributed by atoms with Crippen LogP contribution in [0.4, 0.5) is 11.6 Å². The van der Waals surface area contributed by atoms with Gasteiger partial charge in [-0.15, -0.1) is 0 Å². The van der Waals surface area contributed by atoms with Gasteiger partial charge in [0.25, 0.3) is 0 Å². The molecule has 3 N–H and O–H groups in total. The minimum Gasteiger partial charge on any atom is -0.396 e. The van der Waals surface area contributed by atoms with Gasteiger partial charge in [-0.3, -0.25) is 0 Å². The lowest BCUT2D eigenvalue weighted by Gasteiger charge is -2.18. The number of rotatable bonds is 7. The Labute approximate surface area is 121 Å². The van der Waals surface area contributed by atoms with Gasteiger partial charge >= 0.3 is 0 Å². The molecule has 0 aromatic carbocycles. The quantitative estimate of drug-likeness (QED) is 0.715. The van der Waals surface area contributed by atoms with Crippen molar-refractivity contribution in [3.8, 4) is 0 Å². The van der Waals surface area contributed by atoms with E-state index in [4.69, 9.17) is 5.11 Å². The number of nitrogens with zero attached hydrogens (tertiary/aromatic N) is 2. The van der Waals surface area contributed by atoms with Gasteiger partial charge < -0.3 is 15.7 Å². The lowest BCUT2D eigenvalue weighted by atomic mass is 10.0. The first kappa shape index (κ1) is 15.0. The highest BCUT2D eigenvalue weighted by molar-refractivity contribution is 5.57. The number of aromatic nitrogens is 2. The molecule has 1 aliphatic carbocycles. The van der Waals surface area contributed by atoms with Gasteiger partial charge in [0, 0.05) is 31.7 Å². The highest BCUT2D eigenvalue weighted by Crippen LogP contribution is 2.48. The molecule has 5 nitrogen and oxygen atoms in total. The maximum absolute atomic E-state index is 9.13. The monoisotopic (exact) mass is 278 g/mol. The van der Waals surface area contributed by atoms with E-state index in [0.717, 1.165) is 36.0 Å². The summed E-state index contributed by atoms with van der Waals surface area (Å²) < 4.78 is 0. The normalized spacial score (nSPS) is 16.3. The molecule has 2 rings (SSSR count). The lowest BCUT2D eigenvalue weighted by Crippen LogP contribution is -2.19. The number of aliphatic hydroxyl groups is 1. The zero-order chi connectivity index (χ0) is 14.8. The van der Waals surface area contributed by atoms with Gasteiger partial charge in [-0.1, -0.05) is 13.8 Å². The Bertz CT molecular complexity index is 469. The summed E-state index contributed by atoms with van der Waals surface area (Å²) in [4.78, 5) is 9.19. The number of hydrogen-bond donors (Lipinski definition) is 3. The van der Waals surface area contributed by atoms with Crippen LogP contribution < -0.4 is 10.6 Å². The first-order valence-electron chi connectivity index (χ1n) is 7.42. The molecule has 5 heteroatoms. The molecule has 0 unspecified atom stereocenters. The molecule has 1 saturated carbocycles. The second kappa shape index (κ2) is 5.95. The average molecular weight is 278 g/mol. The van der Waals surface area contributed by atoms with Gasteiger partial charge in [-0.05, 0) is 31.6 Å². The summed E-state index contributed by atoms with van der Waals surface area (Å²) in [6.07, 6.45) is 3.27. The van der Waals surface area contributed by atoms with Crippen LogP contribution >= 0.6 is 0 Å². The maximum Gasteiger partial charge on any atom is 0.135 e. The number of nitrogens with one attached hydrogen (secondary N) is 2. The highest BCUT2D eigenvalue weighted by atomic mass is 16.3. The van der Waals surface area contributed by atoms with Crippen LogP contribution in [0.2, 0.25) is 0 Å². The van der Waals surface area contributed by atoms with Crippen molar-refractivity contribution >= 4 is 11.6 Å². The van der Waals surface area contributed by atoms with E-state index in [-0.39, 0.29) is 12.0 Å². The minimum atomic E-state index is 0.267. The van der Waals surface area contributed by atoms with Crippen LogP contribution in [-0.2, 0) is 0 Å². The van der Waals surface area contributed by atoms with Crippen molar-refractivity contribution in [2.75, 3.05) is 30.8 Å². The van der Waals surface area contributed by atoms with Crippen molar-refractivity contribution in [3.63, 3.8) is 0 Å². The summed E-state index contributed by atoms with van der Waals surface area (Å²) >= 11 is 0. The van der Waals surface area contributed by atoms with Crippen molar-refractivity contribution in [1.29, 1.82) is 0 Å². The van der Waals surface area contributed by atoms with Crippen LogP contribution in [-0.4, -0.2) is 35.3 Å². The third-order valence-corrected chi connectivity index (χ3v) is 4.15. The van der Waals surface area contributed by atoms with Crippen molar-refractivity contribution in [2.45, 2.75) is 46.0 Å². The summed E-state index contributed by atoms with van der Waals surface area (Å²) in [5, 5.41) is 15.7. The van der Waals surface area contributed by atoms with E-state index < -0.39 is 0 Å². The molecular formula is C15H26N4O. The van der Waals surface area contributed by atoms with Crippen LogP contribution in [0.15, 0.2) is 0 Å². The van der Waals surface area contributed by atoms with E-state index in [1.165, 1.54) is 12.8 Å². The molecular weight excluding hydrogens is 252 g/mol. The zero-order valence-electron chi connectivity index (χ0n) is 13.0. The Morgan fingerprint density at radius 2 is 1.90 bits per heavy atom. The second-order valence-corrected chi connectivity index (χ2v) is 6.14. The maximum atomic E-state index is 9.13. The summed E-state index contributed by atoms with van der Waals surface area (Å²) in [5.74, 6) is 2.96. The lowest BCUT2D eigenvalue weighted by molar-refractivity contribution is 0.253. The molecule has 0 spiro atoms. The smallest absolute Gasteiger partial charge is 0.135 e. The van der Waals surface area contributed by atoms with E-state index in [1.54, 1.807) is 0 Å². The summed E-state index contributed by atoms with van der Waals surface area (Å²) in [6.45, 7) is 7.38. The fourth-order valence-corrected chi connectivity index (χ4v) is 2.41. The van der Waals surface area contributed by atoms with E-state index in [2.05, 4.69) is 34.4 Å². The van der Waals surface area contributed by atoms with Crippen molar-refractivity contribution in [3.05, 3.63) is 11.4 Å². The van der Waals surface area contributed by atoms with E-state index in [9.17, 15) is 0 Å². The Kier molecular flexibility index (Phi) is 4.48. The fourth-order valence-electron chi connectivity index (χ4n) is 2.41. The molecule has 112 valence electrons. The van der Waals surface area contributed by atoms with E-state index >= 15 is 0 Å². The Morgan fingerprint density at radius 1 is 1.25 bits per heavy atom. The van der Waals surface area contributed by atoms with Gasteiger partial charge in [-0.25, -0.2) is 9.97 Å². The first-order chi connectivity index (χ1) is 9.51. The molecule has 1 fully saturated rings. The molecule has 1 aliphatic rings. The Morgan fingerprint density at radius 3 is 2.40 bits per heavy atom. The van der Waals surface area contributed by atoms with Gasteiger partial charge in [-0.2, -0.15) is 0 Å². The summed E-state index contributed by atoms with van der Waals surface area (Å²) in [5.41, 5.74) is 1.33. The second-order valence-electron chi connectivity index (χ2n) is 6.14. The number of anilines is 2. The largest absolute Gasteiger partial charge is 0.396 e. The van der Waals surface area contributed by atoms with Crippen molar-refractivity contribution in [2.24, 2.45) is 5.41 Å². The number of hydrogen-bond acceptors (Lipinski definition) is 5. The van der Waals surface area contributed by atoms with Crippen molar-refractivity contribution < 1.29 is 5.11 Å². The zero-order valence-corrected chi connectivity index (χ0v) is 13.0. The van der Waals surface area contributed by atoms with Gasteiger partial charge in [0.05, 0.1) is 0 Å². The van der Waals surface area contributed by atoms with Gasteiger partial charge in [0.2, 0.25) is 0 Å². The Balaban J connectivity index is 2.15. The fraction of sp³-hybridized carbons (Fsp3) is 0.733. The van der Waals surface area contributed by atoms with E-state index in [1.807, 2.05) is 14.0 Å². The van der Waals surface area contributed by atoms with Crippen molar-refractivity contribution in [1.82, 2.24) is 9.97 Å². The molecule has 20 heavy (non-hydrogen) atoms. The molecule has 0 aliphatic heterocycles. The topological polar surface area (TPSA) is 70.1 Å². The highest BCUT2D eigenvalue weighted by Gasteiger charge is 2.41. The molecule has 0 bridgehead atoms. The SMILES string of the molecule is CNc1nc(C(C)C)nc(NCC2(CCO)CC2)c1C. The van der Waals surface area contributed by atoms with Crippen LogP contribution in [0.5, 0.6) is 0 Å². The molecule has 1 aromatic rings. The predicted molar refractivity (Wildman–Crippen MR) is 82.3 cm³/mol. The predicted octanol–water partition coefficient (Wildman–Crippen LogP) is 2.52. The van der Waals surface area contributed by atoms with Crippen LogP contribution in [0, 0.1) is 12.3 Å². The molecule has 1 aromatic heterocycles. The third-order valence-electron chi connectivity index (χ3n) is 4.15. The summed E-state index contributed by atoms with van der Waals surface area (Å²) in [6, 6.07) is 0.